The summed E-state index contributed by atoms with van der Waals surface area (Å²) in [4.78, 5) is 27.9. The number of hydrogen-bond donors (Lipinski definition) is 1. The van der Waals surface area contributed by atoms with Crippen molar-refractivity contribution in [3.05, 3.63) is 64.7 Å². The third-order valence-corrected chi connectivity index (χ3v) is 5.38. The molecular formula is C24H31ClN2O3. The fourth-order valence-corrected chi connectivity index (χ4v) is 3.42. The second kappa shape index (κ2) is 11.6. The van der Waals surface area contributed by atoms with Crippen molar-refractivity contribution in [2.45, 2.75) is 58.7 Å². The van der Waals surface area contributed by atoms with Gasteiger partial charge in [0.15, 0.2) is 0 Å². The Morgan fingerprint density at radius 1 is 1.07 bits per heavy atom. The van der Waals surface area contributed by atoms with Crippen molar-refractivity contribution in [3.63, 3.8) is 0 Å². The number of nitrogens with one attached hydrogen (secondary N) is 1. The van der Waals surface area contributed by atoms with E-state index in [1.165, 1.54) is 0 Å². The van der Waals surface area contributed by atoms with Gasteiger partial charge in [-0.1, -0.05) is 49.7 Å². The zero-order chi connectivity index (χ0) is 22.1. The van der Waals surface area contributed by atoms with Gasteiger partial charge in [0.05, 0.1) is 13.5 Å². The highest BCUT2D eigenvalue weighted by atomic mass is 35.5. The van der Waals surface area contributed by atoms with Crippen LogP contribution in [0.15, 0.2) is 48.5 Å². The van der Waals surface area contributed by atoms with Gasteiger partial charge in [-0.15, -0.1) is 0 Å². The van der Waals surface area contributed by atoms with Crippen molar-refractivity contribution in [1.82, 2.24) is 10.2 Å². The minimum Gasteiger partial charge on any atom is -0.497 e. The van der Waals surface area contributed by atoms with Crippen molar-refractivity contribution in [1.29, 1.82) is 0 Å². The Hall–Kier alpha value is -2.53. The van der Waals surface area contributed by atoms with Crippen LogP contribution >= 0.6 is 11.6 Å². The Bertz CT molecular complexity index is 839. The van der Waals surface area contributed by atoms with Crippen molar-refractivity contribution in [3.8, 4) is 5.75 Å². The fraction of sp³-hybridized carbons (Fsp3) is 0.417. The molecule has 0 saturated heterocycles. The molecule has 2 atom stereocenters. The molecule has 30 heavy (non-hydrogen) atoms. The van der Waals surface area contributed by atoms with E-state index in [2.05, 4.69) is 5.32 Å². The van der Waals surface area contributed by atoms with Gasteiger partial charge in [-0.25, -0.2) is 0 Å². The van der Waals surface area contributed by atoms with Crippen LogP contribution in [-0.4, -0.2) is 35.9 Å². The lowest BCUT2D eigenvalue weighted by Gasteiger charge is -2.31. The van der Waals surface area contributed by atoms with Gasteiger partial charge in [0.1, 0.15) is 11.8 Å². The molecular weight excluding hydrogens is 400 g/mol. The Kier molecular flexibility index (Phi) is 9.18. The lowest BCUT2D eigenvalue weighted by Crippen LogP contribution is -2.51. The summed E-state index contributed by atoms with van der Waals surface area (Å²) >= 11 is 6.08. The standard InChI is InChI=1S/C24H31ClN2O3/c1-5-17(3)26-24(29)22(6-2)27(16-18-10-12-21(30-4)13-11-18)23(28)15-19-8-7-9-20(25)14-19/h7-14,17,22H,5-6,15-16H2,1-4H3,(H,26,29)/t17-,22+/m1/s1. The number of amides is 2. The predicted molar refractivity (Wildman–Crippen MR) is 121 cm³/mol. The number of hydrogen-bond acceptors (Lipinski definition) is 3. The molecule has 0 unspecified atom stereocenters. The highest BCUT2D eigenvalue weighted by Gasteiger charge is 2.29. The molecule has 0 saturated carbocycles. The van der Waals surface area contributed by atoms with E-state index < -0.39 is 6.04 Å². The summed E-state index contributed by atoms with van der Waals surface area (Å²) in [7, 11) is 1.61. The Morgan fingerprint density at radius 2 is 1.77 bits per heavy atom. The lowest BCUT2D eigenvalue weighted by atomic mass is 10.1. The van der Waals surface area contributed by atoms with Crippen LogP contribution in [0, 0.1) is 0 Å². The van der Waals surface area contributed by atoms with Crippen LogP contribution in [0.5, 0.6) is 5.75 Å². The van der Waals surface area contributed by atoms with Crippen molar-refractivity contribution >= 4 is 23.4 Å². The number of nitrogens with zero attached hydrogens (tertiary/aromatic N) is 1. The highest BCUT2D eigenvalue weighted by molar-refractivity contribution is 6.30. The second-order valence-corrected chi connectivity index (χ2v) is 7.85. The predicted octanol–water partition coefficient (Wildman–Crippen LogP) is 4.61. The molecule has 1 N–H and O–H groups in total. The molecule has 6 heteroatoms. The molecule has 2 aromatic rings. The van der Waals surface area contributed by atoms with Crippen LogP contribution in [0.2, 0.25) is 5.02 Å². The minimum absolute atomic E-state index is 0.0532. The van der Waals surface area contributed by atoms with Crippen LogP contribution in [0.1, 0.15) is 44.7 Å². The van der Waals surface area contributed by atoms with E-state index >= 15 is 0 Å². The molecule has 5 nitrogen and oxygen atoms in total. The van der Waals surface area contributed by atoms with Crippen LogP contribution in [0.3, 0.4) is 0 Å². The van der Waals surface area contributed by atoms with Gasteiger partial charge in [-0.2, -0.15) is 0 Å². The van der Waals surface area contributed by atoms with E-state index in [-0.39, 0.29) is 24.3 Å². The molecule has 0 spiro atoms. The normalized spacial score (nSPS) is 12.7. The van der Waals surface area contributed by atoms with Gasteiger partial charge in [0.25, 0.3) is 0 Å². The maximum Gasteiger partial charge on any atom is 0.243 e. The van der Waals surface area contributed by atoms with E-state index in [4.69, 9.17) is 16.3 Å². The van der Waals surface area contributed by atoms with Crippen LogP contribution in [-0.2, 0) is 22.6 Å². The molecule has 0 aliphatic heterocycles. The molecule has 0 aromatic heterocycles. The topological polar surface area (TPSA) is 58.6 Å². The third-order valence-electron chi connectivity index (χ3n) is 5.14. The van der Waals surface area contributed by atoms with Crippen LogP contribution in [0.4, 0.5) is 0 Å². The summed E-state index contributed by atoms with van der Waals surface area (Å²) in [5, 5.41) is 3.61. The largest absolute Gasteiger partial charge is 0.497 e. The molecule has 2 amide bonds. The number of carbonyl (C=O) groups is 2. The van der Waals surface area contributed by atoms with E-state index in [0.717, 1.165) is 23.3 Å². The van der Waals surface area contributed by atoms with E-state index in [1.54, 1.807) is 24.1 Å². The number of ether oxygens (including phenoxy) is 1. The first-order valence-corrected chi connectivity index (χ1v) is 10.7. The molecule has 0 aliphatic rings. The van der Waals surface area contributed by atoms with Gasteiger partial charge in [0, 0.05) is 17.6 Å². The zero-order valence-electron chi connectivity index (χ0n) is 18.2. The average molecular weight is 431 g/mol. The maximum absolute atomic E-state index is 13.3. The second-order valence-electron chi connectivity index (χ2n) is 7.42. The molecule has 0 aliphatic carbocycles. The van der Waals surface area contributed by atoms with Gasteiger partial charge < -0.3 is 15.0 Å². The fourth-order valence-electron chi connectivity index (χ4n) is 3.21. The van der Waals surface area contributed by atoms with Gasteiger partial charge >= 0.3 is 0 Å². The van der Waals surface area contributed by atoms with Crippen LogP contribution < -0.4 is 10.1 Å². The molecule has 0 radical (unpaired) electrons. The summed E-state index contributed by atoms with van der Waals surface area (Å²) in [6.45, 7) is 6.25. The maximum atomic E-state index is 13.3. The average Bonchev–Trinajstić information content (AvgIpc) is 2.73. The summed E-state index contributed by atoms with van der Waals surface area (Å²) in [6, 6.07) is 14.3. The summed E-state index contributed by atoms with van der Waals surface area (Å²) in [5.74, 6) is 0.510. The van der Waals surface area contributed by atoms with Crippen molar-refractivity contribution < 1.29 is 14.3 Å². The first-order chi connectivity index (χ1) is 14.4. The SMILES string of the molecule is CC[C@@H](C)NC(=O)[C@H](CC)N(Cc1ccc(OC)cc1)C(=O)Cc1cccc(Cl)c1. The summed E-state index contributed by atoms with van der Waals surface area (Å²) in [6.07, 6.45) is 1.54. The Labute approximate surface area is 184 Å². The number of carbonyl (C=O) groups excluding carboxylic acids is 2. The summed E-state index contributed by atoms with van der Waals surface area (Å²) < 4.78 is 5.22. The molecule has 0 fully saturated rings. The third kappa shape index (κ3) is 6.77. The zero-order valence-corrected chi connectivity index (χ0v) is 18.9. The number of halogens is 1. The molecule has 2 aromatic carbocycles. The molecule has 162 valence electrons. The first kappa shape index (κ1) is 23.7. The van der Waals surface area contributed by atoms with Crippen LogP contribution in [0.25, 0.3) is 0 Å². The highest BCUT2D eigenvalue weighted by Crippen LogP contribution is 2.18. The van der Waals surface area contributed by atoms with Gasteiger partial charge in [-0.05, 0) is 55.2 Å². The molecule has 0 heterocycles. The summed E-state index contributed by atoms with van der Waals surface area (Å²) in [5.41, 5.74) is 1.76. The van der Waals surface area contributed by atoms with Crippen molar-refractivity contribution in [2.24, 2.45) is 0 Å². The number of methoxy groups -OCH3 is 1. The lowest BCUT2D eigenvalue weighted by molar-refractivity contribution is -0.141. The molecule has 0 bridgehead atoms. The van der Waals surface area contributed by atoms with Gasteiger partial charge in [-0.3, -0.25) is 9.59 Å². The van der Waals surface area contributed by atoms with E-state index in [0.29, 0.717) is 18.0 Å². The smallest absolute Gasteiger partial charge is 0.243 e. The Balaban J connectivity index is 2.28. The number of benzene rings is 2. The molecule has 2 rings (SSSR count). The minimum atomic E-state index is -0.548. The quantitative estimate of drug-likeness (QED) is 0.598. The monoisotopic (exact) mass is 430 g/mol. The van der Waals surface area contributed by atoms with Crippen molar-refractivity contribution in [2.75, 3.05) is 7.11 Å². The van der Waals surface area contributed by atoms with Gasteiger partial charge in [0.2, 0.25) is 11.8 Å². The number of rotatable bonds is 10. The van der Waals surface area contributed by atoms with E-state index in [1.807, 2.05) is 57.2 Å². The Morgan fingerprint density at radius 3 is 2.33 bits per heavy atom. The van der Waals surface area contributed by atoms with E-state index in [9.17, 15) is 9.59 Å². The first-order valence-electron chi connectivity index (χ1n) is 10.3.